The largest absolute Gasteiger partial charge is 0.507 e. The van der Waals surface area contributed by atoms with Crippen LogP contribution in [0.2, 0.25) is 0 Å². The van der Waals surface area contributed by atoms with Crippen LogP contribution in [0.25, 0.3) is 11.0 Å². The Kier molecular flexibility index (Phi) is 25.4. The Morgan fingerprint density at radius 1 is 0.511 bits per heavy atom. The highest BCUT2D eigenvalue weighted by atomic mass is 16.5. The van der Waals surface area contributed by atoms with E-state index in [1.807, 2.05) is 0 Å². The van der Waals surface area contributed by atoms with Gasteiger partial charge in [0.15, 0.2) is 5.43 Å². The molecule has 1 aromatic heterocycles. The zero-order valence-corrected chi connectivity index (χ0v) is 31.0. The van der Waals surface area contributed by atoms with Crippen molar-refractivity contribution < 1.29 is 14.3 Å². The van der Waals surface area contributed by atoms with Crippen LogP contribution in [0, 0.1) is 0 Å². The number of aromatic hydroxyl groups is 1. The number of methoxy groups -OCH3 is 1. The van der Waals surface area contributed by atoms with Crippen molar-refractivity contribution in [3.63, 3.8) is 0 Å². The van der Waals surface area contributed by atoms with Crippen LogP contribution in [0.15, 0.2) is 27.4 Å². The highest BCUT2D eigenvalue weighted by Crippen LogP contribution is 2.29. The maximum atomic E-state index is 12.4. The molecule has 1 N–H and O–H groups in total. The van der Waals surface area contributed by atoms with Gasteiger partial charge in [-0.2, -0.15) is 0 Å². The molecule has 0 atom stereocenters. The standard InChI is InChI=1S/C43H74O4/c1-3-4-5-6-7-8-9-10-11-12-13-14-15-16-17-18-19-20-21-22-23-24-25-26-27-28-29-30-31-32-33-34-38-35-40(44)43-41(45)36-39(46-2)37-42(43)47-38/h35-37,45H,3-34H2,1-2H3. The molecule has 1 aromatic carbocycles. The Hall–Kier alpha value is -1.97. The van der Waals surface area contributed by atoms with Crippen LogP contribution in [0.4, 0.5) is 0 Å². The van der Waals surface area contributed by atoms with Gasteiger partial charge < -0.3 is 14.3 Å². The average molecular weight is 655 g/mol. The van der Waals surface area contributed by atoms with Crippen LogP contribution in [-0.4, -0.2) is 12.2 Å². The first-order valence-electron chi connectivity index (χ1n) is 20.5. The van der Waals surface area contributed by atoms with E-state index in [4.69, 9.17) is 9.15 Å². The number of phenolic OH excluding ortho intramolecular Hbond substituents is 1. The molecule has 0 bridgehead atoms. The lowest BCUT2D eigenvalue weighted by molar-refractivity contribution is 0.407. The van der Waals surface area contributed by atoms with E-state index in [-0.39, 0.29) is 16.6 Å². The quantitative estimate of drug-likeness (QED) is 0.0778. The molecule has 2 aromatic rings. The molecule has 0 fully saturated rings. The molecule has 4 heteroatoms. The highest BCUT2D eigenvalue weighted by molar-refractivity contribution is 5.84. The number of ether oxygens (including phenoxy) is 1. The fourth-order valence-electron chi connectivity index (χ4n) is 7.03. The van der Waals surface area contributed by atoms with Crippen LogP contribution in [-0.2, 0) is 6.42 Å². The number of phenols is 1. The second-order valence-electron chi connectivity index (χ2n) is 14.5. The van der Waals surface area contributed by atoms with Crippen molar-refractivity contribution >= 4 is 11.0 Å². The predicted molar refractivity (Wildman–Crippen MR) is 203 cm³/mol. The first-order chi connectivity index (χ1) is 23.2. The summed E-state index contributed by atoms with van der Waals surface area (Å²) in [6, 6.07) is 4.64. The van der Waals surface area contributed by atoms with Crippen LogP contribution < -0.4 is 10.2 Å². The van der Waals surface area contributed by atoms with Gasteiger partial charge in [-0.05, 0) is 6.42 Å². The van der Waals surface area contributed by atoms with Crippen LogP contribution >= 0.6 is 0 Å². The molecule has 1 heterocycles. The van der Waals surface area contributed by atoms with Crippen molar-refractivity contribution in [1.29, 1.82) is 0 Å². The van der Waals surface area contributed by atoms with Crippen LogP contribution in [0.3, 0.4) is 0 Å². The van der Waals surface area contributed by atoms with E-state index in [0.717, 1.165) is 19.3 Å². The molecular formula is C43H74O4. The normalized spacial score (nSPS) is 11.5. The molecule has 47 heavy (non-hydrogen) atoms. The minimum absolute atomic E-state index is 0.0920. The topological polar surface area (TPSA) is 59.7 Å². The van der Waals surface area contributed by atoms with Crippen molar-refractivity contribution in [2.75, 3.05) is 7.11 Å². The molecule has 270 valence electrons. The number of fused-ring (bicyclic) bond motifs is 1. The van der Waals surface area contributed by atoms with Crippen LogP contribution in [0.5, 0.6) is 11.5 Å². The van der Waals surface area contributed by atoms with Crippen molar-refractivity contribution in [2.45, 2.75) is 212 Å². The molecule has 0 saturated heterocycles. The third kappa shape index (κ3) is 20.9. The van der Waals surface area contributed by atoms with Gasteiger partial charge >= 0.3 is 0 Å². The number of unbranched alkanes of at least 4 members (excludes halogenated alkanes) is 30. The summed E-state index contributed by atoms with van der Waals surface area (Å²) in [5.74, 6) is 1.08. The van der Waals surface area contributed by atoms with Gasteiger partial charge in [0.2, 0.25) is 0 Å². The Balaban J connectivity index is 1.25. The second kappa shape index (κ2) is 29.0. The SMILES string of the molecule is CCCCCCCCCCCCCCCCCCCCCCCCCCCCCCCCCc1cc(=O)c2c(O)cc(OC)cc2o1. The lowest BCUT2D eigenvalue weighted by atomic mass is 10.0. The van der Waals surface area contributed by atoms with E-state index in [1.165, 1.54) is 205 Å². The number of benzene rings is 1. The van der Waals surface area contributed by atoms with Gasteiger partial charge in [-0.15, -0.1) is 0 Å². The summed E-state index contributed by atoms with van der Waals surface area (Å²) in [6.45, 7) is 2.30. The third-order valence-corrected chi connectivity index (χ3v) is 10.1. The Morgan fingerprint density at radius 2 is 0.851 bits per heavy atom. The van der Waals surface area contributed by atoms with Gasteiger partial charge in [-0.3, -0.25) is 4.79 Å². The maximum absolute atomic E-state index is 12.4. The molecule has 0 aliphatic rings. The minimum Gasteiger partial charge on any atom is -0.507 e. The van der Waals surface area contributed by atoms with Gasteiger partial charge in [0.25, 0.3) is 0 Å². The molecular weight excluding hydrogens is 580 g/mol. The molecule has 0 saturated carbocycles. The van der Waals surface area contributed by atoms with Crippen molar-refractivity contribution in [2.24, 2.45) is 0 Å². The Labute approximate surface area is 289 Å². The third-order valence-electron chi connectivity index (χ3n) is 10.1. The Bertz CT molecular complexity index is 1060. The molecule has 0 spiro atoms. The summed E-state index contributed by atoms with van der Waals surface area (Å²) >= 11 is 0. The first-order valence-corrected chi connectivity index (χ1v) is 20.5. The van der Waals surface area contributed by atoms with E-state index in [0.29, 0.717) is 17.1 Å². The monoisotopic (exact) mass is 655 g/mol. The van der Waals surface area contributed by atoms with Crippen molar-refractivity contribution in [1.82, 2.24) is 0 Å². The summed E-state index contributed by atoms with van der Waals surface area (Å²) in [7, 11) is 1.53. The lowest BCUT2D eigenvalue weighted by Gasteiger charge is -2.07. The van der Waals surface area contributed by atoms with Crippen molar-refractivity contribution in [3.8, 4) is 11.5 Å². The van der Waals surface area contributed by atoms with E-state index >= 15 is 0 Å². The van der Waals surface area contributed by atoms with Gasteiger partial charge in [-0.25, -0.2) is 0 Å². The van der Waals surface area contributed by atoms with E-state index in [9.17, 15) is 9.90 Å². The van der Waals surface area contributed by atoms with Gasteiger partial charge in [-0.1, -0.05) is 200 Å². The summed E-state index contributed by atoms with van der Waals surface area (Å²) in [5.41, 5.74) is 0.201. The smallest absolute Gasteiger partial charge is 0.196 e. The number of hydrogen-bond donors (Lipinski definition) is 1. The van der Waals surface area contributed by atoms with Crippen LogP contribution in [0.1, 0.15) is 212 Å². The molecule has 0 amide bonds. The van der Waals surface area contributed by atoms with Gasteiger partial charge in [0, 0.05) is 24.6 Å². The number of hydrogen-bond acceptors (Lipinski definition) is 4. The van der Waals surface area contributed by atoms with E-state index in [1.54, 1.807) is 6.07 Å². The van der Waals surface area contributed by atoms with Crippen molar-refractivity contribution in [3.05, 3.63) is 34.2 Å². The fourth-order valence-corrected chi connectivity index (χ4v) is 7.03. The maximum Gasteiger partial charge on any atom is 0.196 e. The van der Waals surface area contributed by atoms with E-state index < -0.39 is 0 Å². The summed E-state index contributed by atoms with van der Waals surface area (Å²) in [4.78, 5) is 12.4. The number of aryl methyl sites for hydroxylation is 1. The minimum atomic E-state index is -0.192. The zero-order valence-electron chi connectivity index (χ0n) is 31.0. The van der Waals surface area contributed by atoms with E-state index in [2.05, 4.69) is 6.92 Å². The second-order valence-corrected chi connectivity index (χ2v) is 14.5. The Morgan fingerprint density at radius 3 is 1.19 bits per heavy atom. The van der Waals surface area contributed by atoms with Gasteiger partial charge in [0.1, 0.15) is 28.2 Å². The highest BCUT2D eigenvalue weighted by Gasteiger charge is 2.11. The zero-order chi connectivity index (χ0) is 33.6. The number of rotatable bonds is 33. The average Bonchev–Trinajstić information content (AvgIpc) is 3.06. The lowest BCUT2D eigenvalue weighted by Crippen LogP contribution is -2.03. The molecule has 4 nitrogen and oxygen atoms in total. The summed E-state index contributed by atoms with van der Waals surface area (Å²) in [5, 5.41) is 10.3. The molecule has 0 aliphatic heterocycles. The molecule has 0 unspecified atom stereocenters. The fraction of sp³-hybridized carbons (Fsp3) is 0.791. The summed E-state index contributed by atoms with van der Waals surface area (Å²) < 4.78 is 11.1. The molecule has 0 aliphatic carbocycles. The predicted octanol–water partition coefficient (Wildman–Crippen LogP) is 14.2. The molecule has 2 rings (SSSR count). The summed E-state index contributed by atoms with van der Waals surface area (Å²) in [6.07, 6.45) is 44.4. The van der Waals surface area contributed by atoms with Gasteiger partial charge in [0.05, 0.1) is 7.11 Å². The first kappa shape index (κ1) is 41.2. The molecule has 0 radical (unpaired) electrons.